The van der Waals surface area contributed by atoms with Crippen molar-refractivity contribution in [3.63, 3.8) is 0 Å². The van der Waals surface area contributed by atoms with Gasteiger partial charge in [0.2, 0.25) is 5.95 Å². The van der Waals surface area contributed by atoms with Crippen LogP contribution in [0, 0.1) is 0 Å². The highest BCUT2D eigenvalue weighted by atomic mass is 16.5. The Morgan fingerprint density at radius 2 is 1.81 bits per heavy atom. The van der Waals surface area contributed by atoms with Gasteiger partial charge in [0, 0.05) is 57.1 Å². The molecule has 4 heterocycles. The lowest BCUT2D eigenvalue weighted by Gasteiger charge is -2.35. The summed E-state index contributed by atoms with van der Waals surface area (Å²) in [6.07, 6.45) is 5.33. The number of aromatic nitrogens is 4. The summed E-state index contributed by atoms with van der Waals surface area (Å²) in [5.74, 6) is 1.10. The lowest BCUT2D eigenvalue weighted by Crippen LogP contribution is -2.38. The van der Waals surface area contributed by atoms with Gasteiger partial charge in [0.15, 0.2) is 0 Å². The van der Waals surface area contributed by atoms with Crippen LogP contribution >= 0.6 is 0 Å². The first-order valence-corrected chi connectivity index (χ1v) is 11.2. The number of piperidine rings is 1. The number of nitrogens with zero attached hydrogens (tertiary/aromatic N) is 6. The second-order valence-electron chi connectivity index (χ2n) is 8.41. The second kappa shape index (κ2) is 9.08. The Kier molecular flexibility index (Phi) is 5.85. The highest BCUT2D eigenvalue weighted by molar-refractivity contribution is 5.55. The number of rotatable bonds is 4. The standard InChI is InChI=1S/C24H28N6O2/c1-28-23(31)15-22(21-8-9-25-17-26-21)27-24(28)30-10-2-3-19(16-30)18-4-6-20(7-5-18)29-11-13-32-14-12-29/h4-9,15,17,19H,2-3,10-14,16H2,1H3. The Morgan fingerprint density at radius 3 is 2.56 bits per heavy atom. The highest BCUT2D eigenvalue weighted by Gasteiger charge is 2.25. The van der Waals surface area contributed by atoms with Gasteiger partial charge >= 0.3 is 0 Å². The van der Waals surface area contributed by atoms with E-state index >= 15 is 0 Å². The van der Waals surface area contributed by atoms with E-state index in [0.29, 0.717) is 23.3 Å². The van der Waals surface area contributed by atoms with Crippen molar-refractivity contribution in [1.29, 1.82) is 0 Å². The Labute approximate surface area is 187 Å². The topological polar surface area (TPSA) is 76.4 Å². The van der Waals surface area contributed by atoms with Crippen molar-refractivity contribution < 1.29 is 4.74 Å². The van der Waals surface area contributed by atoms with Crippen LogP contribution in [0.5, 0.6) is 0 Å². The van der Waals surface area contributed by atoms with Crippen LogP contribution < -0.4 is 15.4 Å². The summed E-state index contributed by atoms with van der Waals surface area (Å²) in [6.45, 7) is 5.19. The molecule has 8 heteroatoms. The molecule has 1 atom stereocenters. The maximum Gasteiger partial charge on any atom is 0.255 e. The van der Waals surface area contributed by atoms with E-state index in [4.69, 9.17) is 9.72 Å². The molecule has 0 N–H and O–H groups in total. The molecule has 0 radical (unpaired) electrons. The predicted octanol–water partition coefficient (Wildman–Crippen LogP) is 2.46. The molecule has 1 unspecified atom stereocenters. The average molecular weight is 433 g/mol. The molecule has 2 saturated heterocycles. The van der Waals surface area contributed by atoms with Crippen LogP contribution in [-0.4, -0.2) is 58.9 Å². The van der Waals surface area contributed by atoms with E-state index in [9.17, 15) is 4.79 Å². The molecule has 0 saturated carbocycles. The van der Waals surface area contributed by atoms with E-state index in [1.807, 2.05) is 0 Å². The summed E-state index contributed by atoms with van der Waals surface area (Å²) in [5.41, 5.74) is 3.75. The molecule has 2 fully saturated rings. The zero-order valence-electron chi connectivity index (χ0n) is 18.4. The molecular formula is C24H28N6O2. The molecule has 0 aliphatic carbocycles. The molecule has 0 bridgehead atoms. The second-order valence-corrected chi connectivity index (χ2v) is 8.41. The lowest BCUT2D eigenvalue weighted by atomic mass is 9.90. The first kappa shape index (κ1) is 20.6. The molecular weight excluding hydrogens is 404 g/mol. The SMILES string of the molecule is Cn1c(N2CCCC(c3ccc(N4CCOCC4)cc3)C2)nc(-c2ccncn2)cc1=O. The summed E-state index contributed by atoms with van der Waals surface area (Å²) >= 11 is 0. The molecule has 3 aromatic rings. The maximum absolute atomic E-state index is 12.7. The van der Waals surface area contributed by atoms with Crippen LogP contribution in [0.25, 0.3) is 11.4 Å². The molecule has 1 aromatic carbocycles. The van der Waals surface area contributed by atoms with Crippen molar-refractivity contribution in [3.8, 4) is 11.4 Å². The smallest absolute Gasteiger partial charge is 0.255 e. The molecule has 2 aliphatic heterocycles. The van der Waals surface area contributed by atoms with Crippen molar-refractivity contribution >= 4 is 11.6 Å². The van der Waals surface area contributed by atoms with Gasteiger partial charge in [-0.3, -0.25) is 9.36 Å². The Balaban J connectivity index is 1.37. The van der Waals surface area contributed by atoms with Crippen molar-refractivity contribution in [2.45, 2.75) is 18.8 Å². The zero-order valence-corrected chi connectivity index (χ0v) is 18.4. The van der Waals surface area contributed by atoms with Crippen LogP contribution in [0.1, 0.15) is 24.3 Å². The minimum atomic E-state index is -0.0828. The first-order chi connectivity index (χ1) is 15.7. The maximum atomic E-state index is 12.7. The van der Waals surface area contributed by atoms with Crippen LogP contribution in [0.2, 0.25) is 0 Å². The quantitative estimate of drug-likeness (QED) is 0.627. The molecule has 166 valence electrons. The Bertz CT molecular complexity index is 1110. The van der Waals surface area contributed by atoms with Gasteiger partial charge < -0.3 is 14.5 Å². The minimum absolute atomic E-state index is 0.0828. The van der Waals surface area contributed by atoms with Gasteiger partial charge in [-0.2, -0.15) is 0 Å². The number of anilines is 2. The lowest BCUT2D eigenvalue weighted by molar-refractivity contribution is 0.122. The van der Waals surface area contributed by atoms with E-state index in [-0.39, 0.29) is 5.56 Å². The van der Waals surface area contributed by atoms with Crippen molar-refractivity contribution in [1.82, 2.24) is 19.5 Å². The number of benzene rings is 1. The molecule has 2 aliphatic rings. The fraction of sp³-hybridized carbons (Fsp3) is 0.417. The fourth-order valence-electron chi connectivity index (χ4n) is 4.59. The van der Waals surface area contributed by atoms with Gasteiger partial charge in [0.05, 0.1) is 24.6 Å². The monoisotopic (exact) mass is 432 g/mol. The van der Waals surface area contributed by atoms with Gasteiger partial charge in [-0.05, 0) is 36.6 Å². The van der Waals surface area contributed by atoms with E-state index < -0.39 is 0 Å². The molecule has 8 nitrogen and oxygen atoms in total. The first-order valence-electron chi connectivity index (χ1n) is 11.2. The van der Waals surface area contributed by atoms with Crippen LogP contribution in [0.4, 0.5) is 11.6 Å². The van der Waals surface area contributed by atoms with Crippen LogP contribution in [0.3, 0.4) is 0 Å². The molecule has 0 amide bonds. The van der Waals surface area contributed by atoms with Crippen molar-refractivity contribution in [2.75, 3.05) is 49.2 Å². The molecule has 5 rings (SSSR count). The van der Waals surface area contributed by atoms with Crippen molar-refractivity contribution in [3.05, 3.63) is 64.8 Å². The van der Waals surface area contributed by atoms with Gasteiger partial charge in [-0.25, -0.2) is 15.0 Å². The van der Waals surface area contributed by atoms with E-state index in [1.165, 1.54) is 23.6 Å². The minimum Gasteiger partial charge on any atom is -0.378 e. The summed E-state index contributed by atoms with van der Waals surface area (Å²) in [6, 6.07) is 12.3. The number of ether oxygens (including phenoxy) is 1. The van der Waals surface area contributed by atoms with E-state index in [1.54, 1.807) is 23.9 Å². The van der Waals surface area contributed by atoms with E-state index in [2.05, 4.69) is 44.0 Å². The molecule has 32 heavy (non-hydrogen) atoms. The summed E-state index contributed by atoms with van der Waals surface area (Å²) < 4.78 is 7.10. The number of hydrogen-bond donors (Lipinski definition) is 0. The third-order valence-corrected chi connectivity index (χ3v) is 6.40. The molecule has 0 spiro atoms. The molecule has 2 aromatic heterocycles. The van der Waals surface area contributed by atoms with E-state index in [0.717, 1.165) is 52.2 Å². The Morgan fingerprint density at radius 1 is 1.00 bits per heavy atom. The Hall–Kier alpha value is -3.26. The van der Waals surface area contributed by atoms with Crippen LogP contribution in [-0.2, 0) is 11.8 Å². The average Bonchev–Trinajstić information content (AvgIpc) is 2.87. The summed E-state index contributed by atoms with van der Waals surface area (Å²) in [4.78, 5) is 30.3. The summed E-state index contributed by atoms with van der Waals surface area (Å²) in [5, 5.41) is 0. The van der Waals surface area contributed by atoms with Gasteiger partial charge in [-0.15, -0.1) is 0 Å². The predicted molar refractivity (Wildman–Crippen MR) is 124 cm³/mol. The fourth-order valence-corrected chi connectivity index (χ4v) is 4.59. The third-order valence-electron chi connectivity index (χ3n) is 6.40. The van der Waals surface area contributed by atoms with Crippen molar-refractivity contribution in [2.24, 2.45) is 7.05 Å². The number of morpholine rings is 1. The van der Waals surface area contributed by atoms with Gasteiger partial charge in [-0.1, -0.05) is 12.1 Å². The third kappa shape index (κ3) is 4.23. The largest absolute Gasteiger partial charge is 0.378 e. The van der Waals surface area contributed by atoms with Crippen LogP contribution in [0.15, 0.2) is 53.7 Å². The van der Waals surface area contributed by atoms with Gasteiger partial charge in [0.25, 0.3) is 5.56 Å². The van der Waals surface area contributed by atoms with Gasteiger partial charge in [0.1, 0.15) is 6.33 Å². The summed E-state index contributed by atoms with van der Waals surface area (Å²) in [7, 11) is 1.79. The normalized spacial score (nSPS) is 19.2. The number of hydrogen-bond acceptors (Lipinski definition) is 7. The highest BCUT2D eigenvalue weighted by Crippen LogP contribution is 2.30. The zero-order chi connectivity index (χ0) is 21.9.